The minimum absolute atomic E-state index is 0.342. The maximum absolute atomic E-state index is 12.0. The van der Waals surface area contributed by atoms with Crippen molar-refractivity contribution in [2.45, 2.75) is 0 Å². The number of thiophene rings is 1. The molecule has 6 nitrogen and oxygen atoms in total. The molecule has 0 fully saturated rings. The van der Waals surface area contributed by atoms with E-state index in [1.807, 2.05) is 5.38 Å². The fraction of sp³-hybridized carbons (Fsp3) is 0.118. The van der Waals surface area contributed by atoms with Crippen molar-refractivity contribution in [2.75, 3.05) is 13.7 Å². The summed E-state index contributed by atoms with van der Waals surface area (Å²) in [5.41, 5.74) is 3.44. The van der Waals surface area contributed by atoms with Gasteiger partial charge in [-0.2, -0.15) is 5.10 Å². The minimum atomic E-state index is -0.421. The molecule has 0 saturated carbocycles. The van der Waals surface area contributed by atoms with E-state index in [0.717, 1.165) is 5.56 Å². The van der Waals surface area contributed by atoms with E-state index in [0.29, 0.717) is 28.0 Å². The number of methoxy groups -OCH3 is 1. The van der Waals surface area contributed by atoms with Crippen LogP contribution in [0.5, 0.6) is 11.5 Å². The van der Waals surface area contributed by atoms with Gasteiger partial charge in [0.05, 0.1) is 13.3 Å². The van der Waals surface area contributed by atoms with Crippen LogP contribution >= 0.6 is 23.6 Å². The van der Waals surface area contributed by atoms with Gasteiger partial charge in [-0.05, 0) is 47.4 Å². The number of hydrogen-bond donors (Lipinski definition) is 2. The highest BCUT2D eigenvalue weighted by Crippen LogP contribution is 2.28. The zero-order valence-electron chi connectivity index (χ0n) is 13.5. The third-order valence-electron chi connectivity index (χ3n) is 2.90. The van der Waals surface area contributed by atoms with Crippen molar-refractivity contribution in [2.24, 2.45) is 5.10 Å². The highest BCUT2D eigenvalue weighted by atomic mass is 32.1. The van der Waals surface area contributed by atoms with Crippen LogP contribution in [0.4, 0.5) is 0 Å². The van der Waals surface area contributed by atoms with Gasteiger partial charge in [0.2, 0.25) is 0 Å². The van der Waals surface area contributed by atoms with Gasteiger partial charge in [-0.25, -0.2) is 4.79 Å². The van der Waals surface area contributed by atoms with Gasteiger partial charge in [0.1, 0.15) is 4.88 Å². The Labute approximate surface area is 155 Å². The maximum atomic E-state index is 12.0. The van der Waals surface area contributed by atoms with Gasteiger partial charge in [0.15, 0.2) is 16.6 Å². The standard InChI is InChI=1S/C17H17N3O3S2/c1-3-8-18-17(24)20-19-11-12-6-7-13(14(10-12)22-2)23-16(21)15-5-4-9-25-15/h3-7,9-11H,1,8H2,2H3,(H2,18,20,24)/b19-11+. The van der Waals surface area contributed by atoms with E-state index in [1.54, 1.807) is 42.6 Å². The number of carbonyl (C=O) groups excluding carboxylic acids is 1. The molecule has 1 heterocycles. The molecule has 0 bridgehead atoms. The summed E-state index contributed by atoms with van der Waals surface area (Å²) in [6.45, 7) is 4.14. The van der Waals surface area contributed by atoms with Crippen LogP contribution in [0.15, 0.2) is 53.5 Å². The second kappa shape index (κ2) is 9.55. The summed E-state index contributed by atoms with van der Waals surface area (Å²) >= 11 is 6.34. The Morgan fingerprint density at radius 2 is 2.24 bits per heavy atom. The fourth-order valence-corrected chi connectivity index (χ4v) is 2.50. The van der Waals surface area contributed by atoms with Crippen molar-refractivity contribution < 1.29 is 14.3 Å². The minimum Gasteiger partial charge on any atom is -0.493 e. The van der Waals surface area contributed by atoms with Crippen molar-refractivity contribution in [3.8, 4) is 11.5 Å². The van der Waals surface area contributed by atoms with E-state index < -0.39 is 5.97 Å². The molecule has 25 heavy (non-hydrogen) atoms. The third kappa shape index (κ3) is 5.70. The van der Waals surface area contributed by atoms with Crippen LogP contribution in [0, 0.1) is 0 Å². The summed E-state index contributed by atoms with van der Waals surface area (Å²) in [4.78, 5) is 12.6. The fourth-order valence-electron chi connectivity index (χ4n) is 1.76. The molecular formula is C17H17N3O3S2. The maximum Gasteiger partial charge on any atom is 0.353 e. The molecule has 2 rings (SSSR count). The molecule has 1 aromatic carbocycles. The molecule has 2 N–H and O–H groups in total. The van der Waals surface area contributed by atoms with E-state index in [4.69, 9.17) is 21.7 Å². The lowest BCUT2D eigenvalue weighted by molar-refractivity contribution is 0.0735. The quantitative estimate of drug-likeness (QED) is 0.194. The molecule has 1 aromatic heterocycles. The van der Waals surface area contributed by atoms with Crippen LogP contribution in [0.25, 0.3) is 0 Å². The van der Waals surface area contributed by atoms with Crippen LogP contribution < -0.4 is 20.2 Å². The molecule has 0 unspecified atom stereocenters. The van der Waals surface area contributed by atoms with E-state index >= 15 is 0 Å². The number of thiocarbonyl (C=S) groups is 1. The molecule has 0 atom stereocenters. The number of rotatable bonds is 7. The molecular weight excluding hydrogens is 358 g/mol. The molecule has 0 aliphatic carbocycles. The largest absolute Gasteiger partial charge is 0.493 e. The van der Waals surface area contributed by atoms with Crippen molar-refractivity contribution in [3.63, 3.8) is 0 Å². The molecule has 2 aromatic rings. The topological polar surface area (TPSA) is 72.0 Å². The molecule has 130 valence electrons. The molecule has 0 amide bonds. The van der Waals surface area contributed by atoms with Gasteiger partial charge in [-0.1, -0.05) is 12.1 Å². The van der Waals surface area contributed by atoms with Crippen molar-refractivity contribution >= 4 is 40.9 Å². The monoisotopic (exact) mass is 375 g/mol. The number of benzene rings is 1. The van der Waals surface area contributed by atoms with Gasteiger partial charge in [-0.3, -0.25) is 5.43 Å². The van der Waals surface area contributed by atoms with E-state index in [1.165, 1.54) is 18.4 Å². The Morgan fingerprint density at radius 1 is 1.40 bits per heavy atom. The normalized spacial score (nSPS) is 10.3. The molecule has 0 aliphatic heterocycles. The second-order valence-electron chi connectivity index (χ2n) is 4.65. The summed E-state index contributed by atoms with van der Waals surface area (Å²) < 4.78 is 10.6. The van der Waals surface area contributed by atoms with Crippen molar-refractivity contribution in [1.29, 1.82) is 0 Å². The lowest BCUT2D eigenvalue weighted by Gasteiger charge is -2.09. The van der Waals surface area contributed by atoms with Crippen molar-refractivity contribution in [3.05, 3.63) is 58.8 Å². The van der Waals surface area contributed by atoms with Gasteiger partial charge in [0, 0.05) is 6.54 Å². The summed E-state index contributed by atoms with van der Waals surface area (Å²) in [5, 5.41) is 9.13. The average molecular weight is 375 g/mol. The Morgan fingerprint density at radius 3 is 2.92 bits per heavy atom. The summed E-state index contributed by atoms with van der Waals surface area (Å²) in [7, 11) is 1.51. The first-order chi connectivity index (χ1) is 12.1. The van der Waals surface area contributed by atoms with E-state index in [9.17, 15) is 4.79 Å². The van der Waals surface area contributed by atoms with Crippen LogP contribution in [0.1, 0.15) is 15.2 Å². The second-order valence-corrected chi connectivity index (χ2v) is 6.00. The highest BCUT2D eigenvalue weighted by Gasteiger charge is 2.13. The molecule has 0 aliphatic rings. The number of esters is 1. The van der Waals surface area contributed by atoms with Crippen LogP contribution in [-0.4, -0.2) is 31.0 Å². The van der Waals surface area contributed by atoms with Gasteiger partial charge in [0.25, 0.3) is 0 Å². The first-order valence-corrected chi connectivity index (χ1v) is 8.54. The Balaban J connectivity index is 2.02. The summed E-state index contributed by atoms with van der Waals surface area (Å²) in [6.07, 6.45) is 3.27. The van der Waals surface area contributed by atoms with E-state index in [2.05, 4.69) is 22.4 Å². The first kappa shape index (κ1) is 18.6. The Kier molecular flexibility index (Phi) is 7.12. The molecule has 0 saturated heterocycles. The molecule has 8 heteroatoms. The van der Waals surface area contributed by atoms with E-state index in [-0.39, 0.29) is 0 Å². The SMILES string of the molecule is C=CCNC(=S)N/N=C/c1ccc(OC(=O)c2cccs2)c(OC)c1. The molecule has 0 spiro atoms. The summed E-state index contributed by atoms with van der Waals surface area (Å²) in [6, 6.07) is 8.61. The lowest BCUT2D eigenvalue weighted by atomic mass is 10.2. The zero-order chi connectivity index (χ0) is 18.1. The zero-order valence-corrected chi connectivity index (χ0v) is 15.2. The number of ether oxygens (including phenoxy) is 2. The van der Waals surface area contributed by atoms with Gasteiger partial charge >= 0.3 is 5.97 Å². The Hall–Kier alpha value is -2.71. The van der Waals surface area contributed by atoms with Crippen LogP contribution in [-0.2, 0) is 0 Å². The number of nitrogens with zero attached hydrogens (tertiary/aromatic N) is 1. The van der Waals surface area contributed by atoms with Crippen LogP contribution in [0.3, 0.4) is 0 Å². The highest BCUT2D eigenvalue weighted by molar-refractivity contribution is 7.80. The van der Waals surface area contributed by atoms with Gasteiger partial charge in [-0.15, -0.1) is 17.9 Å². The number of nitrogens with one attached hydrogen (secondary N) is 2. The Bertz CT molecular complexity index is 773. The number of hydrogen-bond acceptors (Lipinski definition) is 6. The van der Waals surface area contributed by atoms with Gasteiger partial charge < -0.3 is 14.8 Å². The smallest absolute Gasteiger partial charge is 0.353 e. The van der Waals surface area contributed by atoms with Crippen LogP contribution in [0.2, 0.25) is 0 Å². The first-order valence-electron chi connectivity index (χ1n) is 7.25. The number of carbonyl (C=O) groups is 1. The average Bonchev–Trinajstić information content (AvgIpc) is 3.15. The predicted octanol–water partition coefficient (Wildman–Crippen LogP) is 2.96. The molecule has 0 radical (unpaired) electrons. The lowest BCUT2D eigenvalue weighted by Crippen LogP contribution is -2.31. The van der Waals surface area contributed by atoms with Crippen molar-refractivity contribution in [1.82, 2.24) is 10.7 Å². The number of hydrazone groups is 1. The summed E-state index contributed by atoms with van der Waals surface area (Å²) in [5.74, 6) is 0.352. The third-order valence-corrected chi connectivity index (χ3v) is 3.98. The predicted molar refractivity (Wildman–Crippen MR) is 104 cm³/mol.